The van der Waals surface area contributed by atoms with Crippen LogP contribution in [0.3, 0.4) is 0 Å². The van der Waals surface area contributed by atoms with Crippen LogP contribution in [-0.2, 0) is 18.9 Å². The maximum absolute atomic E-state index is 10.1. The van der Waals surface area contributed by atoms with Gasteiger partial charge in [-0.2, -0.15) is 0 Å². The molecule has 0 aromatic heterocycles. The Balaban J connectivity index is 4.14. The van der Waals surface area contributed by atoms with Crippen molar-refractivity contribution in [3.8, 4) is 0 Å². The third kappa shape index (κ3) is 19.9. The Hall–Kier alpha value is -0.320. The van der Waals surface area contributed by atoms with E-state index in [-0.39, 0.29) is 18.6 Å². The predicted molar refractivity (Wildman–Crippen MR) is 139 cm³/mol. The van der Waals surface area contributed by atoms with E-state index in [0.717, 1.165) is 39.1 Å². The van der Waals surface area contributed by atoms with Gasteiger partial charge < -0.3 is 29.2 Å². The monoisotopic (exact) mass is 492 g/mol. The van der Waals surface area contributed by atoms with Gasteiger partial charge in [-0.25, -0.2) is 0 Å². The van der Waals surface area contributed by atoms with Gasteiger partial charge in [0.1, 0.15) is 0 Å². The molecule has 206 valence electrons. The molecule has 0 aliphatic rings. The predicted octanol–water partition coefficient (Wildman–Crippen LogP) is 2.66. The summed E-state index contributed by atoms with van der Waals surface area (Å²) in [5, 5.41) is 19.2. The molecule has 8 nitrogen and oxygen atoms in total. The fourth-order valence-electron chi connectivity index (χ4n) is 3.98. The molecule has 0 amide bonds. The largest absolute Gasteiger partial charge is 0.396 e. The van der Waals surface area contributed by atoms with Crippen molar-refractivity contribution in [1.29, 1.82) is 0 Å². The highest BCUT2D eigenvalue weighted by atomic mass is 16.5. The van der Waals surface area contributed by atoms with Crippen molar-refractivity contribution in [2.75, 3.05) is 106 Å². The van der Waals surface area contributed by atoms with Crippen molar-refractivity contribution in [3.05, 3.63) is 0 Å². The highest BCUT2D eigenvalue weighted by Crippen LogP contribution is 2.26. The second-order valence-corrected chi connectivity index (χ2v) is 9.54. The Labute approximate surface area is 209 Å². The number of unbranched alkanes of at least 4 members (excludes halogenated alkanes) is 5. The van der Waals surface area contributed by atoms with E-state index in [1.807, 2.05) is 0 Å². The molecule has 34 heavy (non-hydrogen) atoms. The van der Waals surface area contributed by atoms with E-state index in [4.69, 9.17) is 24.1 Å². The summed E-state index contributed by atoms with van der Waals surface area (Å²) < 4.78 is 21.9. The summed E-state index contributed by atoms with van der Waals surface area (Å²) in [6.07, 6.45) is 8.69. The minimum absolute atomic E-state index is 0.0924. The van der Waals surface area contributed by atoms with Gasteiger partial charge in [0, 0.05) is 65.5 Å². The van der Waals surface area contributed by atoms with E-state index in [9.17, 15) is 5.11 Å². The average molecular weight is 493 g/mol. The molecular weight excluding hydrogens is 436 g/mol. The molecule has 0 heterocycles. The van der Waals surface area contributed by atoms with Gasteiger partial charge in [-0.15, -0.1) is 0 Å². The number of methoxy groups -OCH3 is 2. The van der Waals surface area contributed by atoms with Crippen molar-refractivity contribution in [3.63, 3.8) is 0 Å². The van der Waals surface area contributed by atoms with E-state index in [1.165, 1.54) is 38.5 Å². The van der Waals surface area contributed by atoms with Crippen molar-refractivity contribution in [2.24, 2.45) is 5.41 Å². The Bertz CT molecular complexity index is 419. The number of aliphatic hydroxyl groups excluding tert-OH is 2. The van der Waals surface area contributed by atoms with Gasteiger partial charge in [0.2, 0.25) is 0 Å². The van der Waals surface area contributed by atoms with Crippen LogP contribution >= 0.6 is 0 Å². The molecule has 0 saturated heterocycles. The van der Waals surface area contributed by atoms with E-state index < -0.39 is 0 Å². The van der Waals surface area contributed by atoms with E-state index in [2.05, 4.69) is 23.6 Å². The highest BCUT2D eigenvalue weighted by Gasteiger charge is 2.26. The molecule has 0 aliphatic carbocycles. The summed E-state index contributed by atoms with van der Waals surface area (Å²) in [6, 6.07) is 0. The van der Waals surface area contributed by atoms with Gasteiger partial charge in [0.25, 0.3) is 0 Å². The zero-order valence-electron chi connectivity index (χ0n) is 22.8. The molecule has 0 fully saturated rings. The molecule has 0 aromatic carbocycles. The Morgan fingerprint density at radius 2 is 1.18 bits per heavy atom. The summed E-state index contributed by atoms with van der Waals surface area (Å²) in [4.78, 5) is 4.47. The molecule has 0 rings (SSSR count). The van der Waals surface area contributed by atoms with Crippen LogP contribution in [0.25, 0.3) is 0 Å². The molecule has 1 unspecified atom stereocenters. The summed E-state index contributed by atoms with van der Waals surface area (Å²) in [6.45, 7) is 13.2. The molecule has 0 spiro atoms. The van der Waals surface area contributed by atoms with Crippen molar-refractivity contribution in [2.45, 2.75) is 58.8 Å². The lowest BCUT2D eigenvalue weighted by molar-refractivity contribution is 0.0147. The fraction of sp³-hybridized carbons (Fsp3) is 1.00. The van der Waals surface area contributed by atoms with Crippen LogP contribution in [0.5, 0.6) is 0 Å². The summed E-state index contributed by atoms with van der Waals surface area (Å²) in [5.41, 5.74) is -0.0924. The van der Waals surface area contributed by atoms with Crippen LogP contribution in [0, 0.1) is 5.41 Å². The van der Waals surface area contributed by atoms with Gasteiger partial charge in [-0.05, 0) is 6.42 Å². The van der Waals surface area contributed by atoms with Gasteiger partial charge in [-0.3, -0.25) is 9.80 Å². The Kier molecular flexibility index (Phi) is 24.1. The van der Waals surface area contributed by atoms with Crippen molar-refractivity contribution in [1.82, 2.24) is 9.80 Å². The lowest BCUT2D eigenvalue weighted by atomic mass is 9.84. The number of hydrogen-bond acceptors (Lipinski definition) is 8. The highest BCUT2D eigenvalue weighted by molar-refractivity contribution is 4.78. The third-order valence-corrected chi connectivity index (χ3v) is 6.24. The number of hydrogen-bond donors (Lipinski definition) is 2. The molecule has 8 heteroatoms. The smallest absolute Gasteiger partial charge is 0.0701 e. The first-order valence-electron chi connectivity index (χ1n) is 13.3. The minimum Gasteiger partial charge on any atom is -0.396 e. The quantitative estimate of drug-likeness (QED) is 0.169. The number of ether oxygens (including phenoxy) is 4. The maximum Gasteiger partial charge on any atom is 0.0701 e. The van der Waals surface area contributed by atoms with Crippen LogP contribution in [-0.4, -0.2) is 126 Å². The van der Waals surface area contributed by atoms with Crippen LogP contribution in [0.2, 0.25) is 0 Å². The van der Waals surface area contributed by atoms with E-state index in [0.29, 0.717) is 46.2 Å². The topological polar surface area (TPSA) is 83.9 Å². The standard InChI is InChI=1S/C26H56N2O6/c1-5-6-7-8-9-10-11-26(2,25-30)24-28(14-19-32-4)16-21-34-23-22-33-20-15-27(12-17-29)13-18-31-3/h29-30H,5-25H2,1-4H3. The van der Waals surface area contributed by atoms with Gasteiger partial charge in [0.15, 0.2) is 0 Å². The number of rotatable bonds is 27. The summed E-state index contributed by atoms with van der Waals surface area (Å²) >= 11 is 0. The molecule has 2 N–H and O–H groups in total. The minimum atomic E-state index is -0.0924. The first-order chi connectivity index (χ1) is 16.5. The number of aliphatic hydroxyl groups is 2. The zero-order valence-corrected chi connectivity index (χ0v) is 22.8. The fourth-order valence-corrected chi connectivity index (χ4v) is 3.98. The van der Waals surface area contributed by atoms with E-state index >= 15 is 0 Å². The van der Waals surface area contributed by atoms with Gasteiger partial charge in [0.05, 0.1) is 46.2 Å². The van der Waals surface area contributed by atoms with Gasteiger partial charge in [-0.1, -0.05) is 52.4 Å². The normalized spacial score (nSPS) is 13.8. The lowest BCUT2D eigenvalue weighted by Gasteiger charge is -2.34. The Morgan fingerprint density at radius 1 is 0.647 bits per heavy atom. The summed E-state index contributed by atoms with van der Waals surface area (Å²) in [7, 11) is 3.41. The maximum atomic E-state index is 10.1. The molecule has 0 saturated carbocycles. The second-order valence-electron chi connectivity index (χ2n) is 9.54. The molecule has 0 aliphatic heterocycles. The van der Waals surface area contributed by atoms with Crippen LogP contribution in [0.4, 0.5) is 0 Å². The van der Waals surface area contributed by atoms with Crippen LogP contribution in [0.1, 0.15) is 58.8 Å². The Morgan fingerprint density at radius 3 is 1.74 bits per heavy atom. The average Bonchev–Trinajstić information content (AvgIpc) is 2.84. The van der Waals surface area contributed by atoms with E-state index in [1.54, 1.807) is 14.2 Å². The lowest BCUT2D eigenvalue weighted by Crippen LogP contribution is -2.41. The molecular formula is C26H56N2O6. The van der Waals surface area contributed by atoms with Crippen LogP contribution in [0.15, 0.2) is 0 Å². The molecule has 0 bridgehead atoms. The molecule has 1 atom stereocenters. The zero-order chi connectivity index (χ0) is 25.3. The van der Waals surface area contributed by atoms with Crippen LogP contribution < -0.4 is 0 Å². The first-order valence-corrected chi connectivity index (χ1v) is 13.3. The second kappa shape index (κ2) is 24.4. The first kappa shape index (κ1) is 33.7. The van der Waals surface area contributed by atoms with Crippen molar-refractivity contribution >= 4 is 0 Å². The van der Waals surface area contributed by atoms with Crippen molar-refractivity contribution < 1.29 is 29.2 Å². The SMILES string of the molecule is CCCCCCCCC(C)(CO)CN(CCOC)CCOCCOCCN(CCO)CCOC. The third-order valence-electron chi connectivity index (χ3n) is 6.24. The molecule has 0 aromatic rings. The molecule has 0 radical (unpaired) electrons. The summed E-state index contributed by atoms with van der Waals surface area (Å²) in [5.74, 6) is 0. The number of nitrogens with zero attached hydrogens (tertiary/aromatic N) is 2. The van der Waals surface area contributed by atoms with Gasteiger partial charge >= 0.3 is 0 Å².